The zero-order valence-electron chi connectivity index (χ0n) is 16.6. The molecule has 0 bridgehead atoms. The molecule has 31 heavy (non-hydrogen) atoms. The molecular formula is C19H18Br2N6O4. The van der Waals surface area contributed by atoms with E-state index in [1.54, 1.807) is 12.1 Å². The van der Waals surface area contributed by atoms with Gasteiger partial charge in [0.2, 0.25) is 0 Å². The van der Waals surface area contributed by atoms with Gasteiger partial charge in [-0.1, -0.05) is 28.6 Å². The normalized spacial score (nSPS) is 11.2. The van der Waals surface area contributed by atoms with Crippen molar-refractivity contribution in [2.45, 2.75) is 6.54 Å². The summed E-state index contributed by atoms with van der Waals surface area (Å²) in [6.07, 6.45) is 4.40. The van der Waals surface area contributed by atoms with Crippen LogP contribution < -0.4 is 21.4 Å². The number of aryl methyl sites for hydroxylation is 1. The average Bonchev–Trinajstić information content (AvgIpc) is 3.13. The summed E-state index contributed by atoms with van der Waals surface area (Å²) in [5.41, 5.74) is 2.37. The molecule has 0 aliphatic carbocycles. The molecule has 0 saturated carbocycles. The minimum Gasteiger partial charge on any atom is -0.488 e. The van der Waals surface area contributed by atoms with Crippen molar-refractivity contribution in [3.8, 4) is 5.75 Å². The molecule has 1 amide bonds. The number of benzene rings is 1. The van der Waals surface area contributed by atoms with Gasteiger partial charge in [0.25, 0.3) is 11.5 Å². The number of nitrogens with zero attached hydrogens (tertiary/aromatic N) is 5. The SMILES string of the molecule is C=CCOc1c(Br)cc(Br)cc1C=NNC(=O)Cn1cnc2c(=O)n(C)c(=O)n(C)c21. The number of ether oxygens (including phenoxy) is 1. The van der Waals surface area contributed by atoms with Crippen LogP contribution in [0.15, 0.2) is 54.8 Å². The van der Waals surface area contributed by atoms with Gasteiger partial charge >= 0.3 is 5.69 Å². The second kappa shape index (κ2) is 9.43. The van der Waals surface area contributed by atoms with E-state index in [9.17, 15) is 14.4 Å². The summed E-state index contributed by atoms with van der Waals surface area (Å²) in [7, 11) is 2.88. The van der Waals surface area contributed by atoms with Crippen LogP contribution in [0.4, 0.5) is 0 Å². The first kappa shape index (κ1) is 22.7. The minimum absolute atomic E-state index is 0.101. The molecule has 12 heteroatoms. The average molecular weight is 554 g/mol. The Morgan fingerprint density at radius 2 is 2.03 bits per heavy atom. The van der Waals surface area contributed by atoms with E-state index in [4.69, 9.17) is 4.74 Å². The maximum atomic E-state index is 12.4. The molecule has 0 radical (unpaired) electrons. The van der Waals surface area contributed by atoms with Crippen molar-refractivity contribution in [3.05, 3.63) is 66.5 Å². The van der Waals surface area contributed by atoms with E-state index in [1.165, 1.54) is 35.8 Å². The van der Waals surface area contributed by atoms with Crippen molar-refractivity contribution < 1.29 is 9.53 Å². The number of aromatic nitrogens is 4. The number of hydrogen-bond acceptors (Lipinski definition) is 6. The van der Waals surface area contributed by atoms with E-state index in [1.807, 2.05) is 6.07 Å². The van der Waals surface area contributed by atoms with Gasteiger partial charge < -0.3 is 9.30 Å². The molecule has 1 N–H and O–H groups in total. The Morgan fingerprint density at radius 1 is 1.29 bits per heavy atom. The van der Waals surface area contributed by atoms with E-state index < -0.39 is 17.2 Å². The summed E-state index contributed by atoms with van der Waals surface area (Å²) in [6.45, 7) is 3.75. The van der Waals surface area contributed by atoms with Crippen molar-refractivity contribution in [1.29, 1.82) is 0 Å². The van der Waals surface area contributed by atoms with Gasteiger partial charge in [-0.25, -0.2) is 15.2 Å². The zero-order chi connectivity index (χ0) is 22.7. The van der Waals surface area contributed by atoms with Gasteiger partial charge in [0.1, 0.15) is 24.5 Å². The first-order valence-electron chi connectivity index (χ1n) is 8.90. The van der Waals surface area contributed by atoms with Crippen molar-refractivity contribution in [2.24, 2.45) is 19.2 Å². The third-order valence-corrected chi connectivity index (χ3v) is 5.35. The molecule has 0 unspecified atom stereocenters. The second-order valence-corrected chi connectivity index (χ2v) is 8.22. The number of imidazole rings is 1. The van der Waals surface area contributed by atoms with Crippen LogP contribution >= 0.6 is 31.9 Å². The van der Waals surface area contributed by atoms with E-state index in [0.29, 0.717) is 22.4 Å². The molecule has 10 nitrogen and oxygen atoms in total. The Bertz CT molecular complexity index is 1320. The fourth-order valence-electron chi connectivity index (χ4n) is 2.89. The second-order valence-electron chi connectivity index (χ2n) is 6.45. The molecule has 2 heterocycles. The molecule has 0 spiro atoms. The number of hydrazone groups is 1. The third kappa shape index (κ3) is 4.69. The van der Waals surface area contributed by atoms with Crippen LogP contribution in [0.2, 0.25) is 0 Å². The highest BCUT2D eigenvalue weighted by atomic mass is 79.9. The Hall–Kier alpha value is -2.99. The maximum Gasteiger partial charge on any atom is 0.332 e. The smallest absolute Gasteiger partial charge is 0.332 e. The third-order valence-electron chi connectivity index (χ3n) is 4.30. The van der Waals surface area contributed by atoms with Crippen LogP contribution in [0.3, 0.4) is 0 Å². The Kier molecular flexibility index (Phi) is 6.91. The van der Waals surface area contributed by atoms with E-state index in [-0.39, 0.29) is 17.7 Å². The Balaban J connectivity index is 1.80. The monoisotopic (exact) mass is 552 g/mol. The highest BCUT2D eigenvalue weighted by Crippen LogP contribution is 2.32. The van der Waals surface area contributed by atoms with Gasteiger partial charge in [0.15, 0.2) is 5.52 Å². The van der Waals surface area contributed by atoms with Crippen molar-refractivity contribution >= 4 is 55.1 Å². The van der Waals surface area contributed by atoms with Gasteiger partial charge in [-0.05, 0) is 28.1 Å². The molecule has 3 rings (SSSR count). The number of hydrogen-bond donors (Lipinski definition) is 1. The lowest BCUT2D eigenvalue weighted by Crippen LogP contribution is -2.37. The lowest BCUT2D eigenvalue weighted by molar-refractivity contribution is -0.121. The van der Waals surface area contributed by atoms with Gasteiger partial charge in [0, 0.05) is 24.1 Å². The van der Waals surface area contributed by atoms with Gasteiger partial charge in [0.05, 0.1) is 17.0 Å². The first-order chi connectivity index (χ1) is 14.7. The van der Waals surface area contributed by atoms with Crippen LogP contribution in [0.5, 0.6) is 5.75 Å². The molecular weight excluding hydrogens is 536 g/mol. The topological polar surface area (TPSA) is 113 Å². The predicted molar refractivity (Wildman–Crippen MR) is 123 cm³/mol. The highest BCUT2D eigenvalue weighted by molar-refractivity contribution is 9.11. The Morgan fingerprint density at radius 3 is 2.74 bits per heavy atom. The van der Waals surface area contributed by atoms with E-state index >= 15 is 0 Å². The summed E-state index contributed by atoms with van der Waals surface area (Å²) in [6, 6.07) is 3.61. The first-order valence-corrected chi connectivity index (χ1v) is 10.5. The molecule has 0 saturated heterocycles. The molecule has 162 valence electrons. The van der Waals surface area contributed by atoms with Gasteiger partial charge in [-0.2, -0.15) is 5.10 Å². The van der Waals surface area contributed by atoms with E-state index in [0.717, 1.165) is 9.04 Å². The van der Waals surface area contributed by atoms with Crippen LogP contribution in [0.25, 0.3) is 11.2 Å². The standard InChI is InChI=1S/C19H18Br2N6O4/c1-4-5-31-16-11(6-12(20)7-13(16)21)8-23-24-14(28)9-27-10-22-15-17(27)25(2)19(30)26(3)18(15)29/h4,6-8,10H,1,5,9H2,2-3H3,(H,24,28). The van der Waals surface area contributed by atoms with Crippen LogP contribution in [-0.2, 0) is 25.4 Å². The number of fused-ring (bicyclic) bond motifs is 1. The molecule has 0 fully saturated rings. The fourth-order valence-corrected chi connectivity index (χ4v) is 4.26. The number of carbonyl (C=O) groups excluding carboxylic acids is 1. The number of halogens is 2. The summed E-state index contributed by atoms with van der Waals surface area (Å²) in [5.74, 6) is 0.0823. The zero-order valence-corrected chi connectivity index (χ0v) is 19.8. The molecule has 1 aromatic carbocycles. The number of rotatable bonds is 7. The van der Waals surface area contributed by atoms with Crippen molar-refractivity contribution in [2.75, 3.05) is 6.61 Å². The summed E-state index contributed by atoms with van der Waals surface area (Å²) in [4.78, 5) is 40.8. The summed E-state index contributed by atoms with van der Waals surface area (Å²) >= 11 is 6.83. The molecule has 2 aromatic heterocycles. The number of amides is 1. The molecule has 0 atom stereocenters. The van der Waals surface area contributed by atoms with Gasteiger partial charge in [-0.15, -0.1) is 0 Å². The predicted octanol–water partition coefficient (Wildman–Crippen LogP) is 1.67. The van der Waals surface area contributed by atoms with Gasteiger partial charge in [-0.3, -0.25) is 18.7 Å². The lowest BCUT2D eigenvalue weighted by atomic mass is 10.2. The number of carbonyl (C=O) groups is 1. The minimum atomic E-state index is -0.525. The maximum absolute atomic E-state index is 12.4. The summed E-state index contributed by atoms with van der Waals surface area (Å²) < 4.78 is 10.8. The molecule has 0 aliphatic heterocycles. The quantitative estimate of drug-likeness (QED) is 0.272. The Labute approximate surface area is 193 Å². The summed E-state index contributed by atoms with van der Waals surface area (Å²) in [5, 5.41) is 3.98. The van der Waals surface area contributed by atoms with Crippen molar-refractivity contribution in [1.82, 2.24) is 24.1 Å². The largest absolute Gasteiger partial charge is 0.488 e. The molecule has 3 aromatic rings. The van der Waals surface area contributed by atoms with Crippen LogP contribution in [0, 0.1) is 0 Å². The van der Waals surface area contributed by atoms with Crippen LogP contribution in [-0.4, -0.2) is 37.4 Å². The highest BCUT2D eigenvalue weighted by Gasteiger charge is 2.15. The van der Waals surface area contributed by atoms with E-state index in [2.05, 4.69) is 54.0 Å². The fraction of sp³-hybridized carbons (Fsp3) is 0.211. The van der Waals surface area contributed by atoms with Crippen molar-refractivity contribution in [3.63, 3.8) is 0 Å². The van der Waals surface area contributed by atoms with Crippen LogP contribution in [0.1, 0.15) is 5.56 Å². The lowest BCUT2D eigenvalue weighted by Gasteiger charge is -2.10. The molecule has 0 aliphatic rings. The number of nitrogens with one attached hydrogen (secondary N) is 1.